The van der Waals surface area contributed by atoms with Crippen molar-refractivity contribution < 1.29 is 123 Å². The lowest BCUT2D eigenvalue weighted by Crippen LogP contribution is -2.40. The molecule has 0 bridgehead atoms. The highest BCUT2D eigenvalue weighted by Gasteiger charge is 2.63. The maximum atomic E-state index is 12.8. The Morgan fingerprint density at radius 2 is 0.545 bits per heavy atom. The van der Waals surface area contributed by atoms with Gasteiger partial charge in [0, 0.05) is 38.5 Å². The number of ether oxygens (including phenoxy) is 6. The Balaban J connectivity index is 5.17. The molecule has 0 unspecified atom stereocenters. The second-order valence-corrected chi connectivity index (χ2v) is 11.5. The van der Waals surface area contributed by atoms with E-state index in [-0.39, 0.29) is 12.8 Å². The van der Waals surface area contributed by atoms with Gasteiger partial charge in [0.05, 0.1) is 5.41 Å². The van der Waals surface area contributed by atoms with Gasteiger partial charge >= 0.3 is 72.7 Å². The van der Waals surface area contributed by atoms with Crippen molar-refractivity contribution in [1.29, 1.82) is 0 Å². The second-order valence-electron chi connectivity index (χ2n) is 11.5. The average Bonchev–Trinajstić information content (AvgIpc) is 3.00. The molecule has 0 spiro atoms. The third kappa shape index (κ3) is 19.8. The zero-order valence-electron chi connectivity index (χ0n) is 28.0. The summed E-state index contributed by atoms with van der Waals surface area (Å²) < 4.78 is 210. The van der Waals surface area contributed by atoms with Gasteiger partial charge in [0.2, 0.25) is 0 Å². The Labute approximate surface area is 299 Å². The van der Waals surface area contributed by atoms with Crippen LogP contribution in [0.5, 0.6) is 0 Å². The van der Waals surface area contributed by atoms with Gasteiger partial charge in [-0.25, -0.2) is 0 Å². The van der Waals surface area contributed by atoms with E-state index in [1.54, 1.807) is 0 Å². The van der Waals surface area contributed by atoms with E-state index in [0.29, 0.717) is 0 Å². The van der Waals surface area contributed by atoms with E-state index < -0.39 is 156 Å². The molecule has 12 nitrogen and oxygen atoms in total. The molecule has 320 valence electrons. The maximum absolute atomic E-state index is 12.8. The largest absolute Gasteiger partial charge is 0.501 e. The van der Waals surface area contributed by atoms with Crippen LogP contribution in [-0.4, -0.2) is 92.5 Å². The predicted octanol–water partition coefficient (Wildman–Crippen LogP) is 7.01. The molecule has 0 aromatic carbocycles. The van der Waals surface area contributed by atoms with E-state index in [2.05, 4.69) is 14.2 Å². The summed E-state index contributed by atoms with van der Waals surface area (Å²) in [4.78, 5) is 70.3. The molecular weight excluding hydrogens is 813 g/mol. The summed E-state index contributed by atoms with van der Waals surface area (Å²) in [6, 6.07) is 0. The highest BCUT2D eigenvalue weighted by atomic mass is 19.4. The van der Waals surface area contributed by atoms with Gasteiger partial charge in [-0.1, -0.05) is 0 Å². The summed E-state index contributed by atoms with van der Waals surface area (Å²) in [5.41, 5.74) is -1.67. The Bertz CT molecular complexity index is 1250. The lowest BCUT2D eigenvalue weighted by molar-refractivity contribution is -0.376. The fraction of sp³-hybridized carbons (Fsp3) is 0.786. The van der Waals surface area contributed by atoms with Crippen LogP contribution < -0.4 is 0 Å². The zero-order valence-corrected chi connectivity index (χ0v) is 28.0. The normalized spacial score (nSPS) is 13.1. The van der Waals surface area contributed by atoms with Gasteiger partial charge in [0.25, 0.3) is 0 Å². The number of hydrogen-bond donors (Lipinski definition) is 0. The third-order valence-corrected chi connectivity index (χ3v) is 6.25. The van der Waals surface area contributed by atoms with Crippen LogP contribution in [0, 0.1) is 5.41 Å². The number of hydrogen-bond acceptors (Lipinski definition) is 12. The molecule has 0 N–H and O–H groups in total. The molecule has 0 heterocycles. The molecule has 27 heteroatoms. The van der Waals surface area contributed by atoms with Gasteiger partial charge < -0.3 is 28.4 Å². The van der Waals surface area contributed by atoms with Crippen molar-refractivity contribution >= 4 is 35.8 Å². The summed E-state index contributed by atoms with van der Waals surface area (Å²) in [6.45, 7) is -1.19. The van der Waals surface area contributed by atoms with E-state index in [4.69, 9.17) is 14.2 Å². The molecule has 0 fully saturated rings. The Morgan fingerprint density at radius 1 is 0.345 bits per heavy atom. The highest BCUT2D eigenvalue weighted by Crippen LogP contribution is 2.38. The molecule has 55 heavy (non-hydrogen) atoms. The van der Waals surface area contributed by atoms with E-state index in [1.165, 1.54) is 0 Å². The van der Waals surface area contributed by atoms with Crippen molar-refractivity contribution in [3.8, 4) is 0 Å². The monoisotopic (exact) mass is 844 g/mol. The average molecular weight is 845 g/mol. The van der Waals surface area contributed by atoms with Crippen LogP contribution in [0.3, 0.4) is 0 Å². The minimum Gasteiger partial charge on any atom is -0.465 e. The van der Waals surface area contributed by atoms with Crippen molar-refractivity contribution in [3.63, 3.8) is 0 Å². The molecule has 0 rings (SSSR count). The maximum Gasteiger partial charge on any atom is 0.501 e. The van der Waals surface area contributed by atoms with Crippen LogP contribution in [0.1, 0.15) is 77.6 Å². The predicted molar refractivity (Wildman–Crippen MR) is 143 cm³/mol. The van der Waals surface area contributed by atoms with Crippen molar-refractivity contribution in [1.82, 2.24) is 0 Å². The van der Waals surface area contributed by atoms with Crippen molar-refractivity contribution in [2.75, 3.05) is 19.8 Å². The Hall–Kier alpha value is -4.23. The topological polar surface area (TPSA) is 158 Å². The van der Waals surface area contributed by atoms with Gasteiger partial charge in [-0.2, -0.15) is 65.9 Å². The smallest absolute Gasteiger partial charge is 0.465 e. The van der Waals surface area contributed by atoms with Crippen LogP contribution in [0.15, 0.2) is 0 Å². The summed E-state index contributed by atoms with van der Waals surface area (Å²) in [5, 5.41) is 0. The number of esters is 6. The number of rotatable bonds is 23. The van der Waals surface area contributed by atoms with Crippen LogP contribution in [0.4, 0.5) is 65.9 Å². The lowest BCUT2D eigenvalue weighted by atomic mass is 9.94. The van der Waals surface area contributed by atoms with Crippen LogP contribution in [0.2, 0.25) is 0 Å². The van der Waals surface area contributed by atoms with E-state index >= 15 is 0 Å². The summed E-state index contributed by atoms with van der Waals surface area (Å²) in [7, 11) is 0. The van der Waals surface area contributed by atoms with Crippen LogP contribution in [-0.2, 0) is 57.2 Å². The van der Waals surface area contributed by atoms with Gasteiger partial charge in [0.15, 0.2) is 0 Å². The van der Waals surface area contributed by atoms with E-state index in [1.807, 2.05) is 0 Å². The van der Waals surface area contributed by atoms with Gasteiger partial charge in [-0.15, -0.1) is 0 Å². The number of unbranched alkanes of at least 4 members (excludes halogenated alkanes) is 2. The lowest BCUT2D eigenvalue weighted by Gasteiger charge is -2.28. The fourth-order valence-corrected chi connectivity index (χ4v) is 3.32. The molecule has 0 aromatic rings. The van der Waals surface area contributed by atoms with E-state index in [0.717, 1.165) is 6.92 Å². The second kappa shape index (κ2) is 20.6. The molecule has 0 saturated carbocycles. The van der Waals surface area contributed by atoms with Crippen molar-refractivity contribution in [2.24, 2.45) is 5.41 Å². The number of carbonyl (C=O) groups excluding carboxylic acids is 6. The molecule has 0 saturated heterocycles. The first-order valence-corrected chi connectivity index (χ1v) is 15.2. The van der Waals surface area contributed by atoms with E-state index in [9.17, 15) is 94.6 Å². The third-order valence-electron chi connectivity index (χ3n) is 6.25. The molecule has 0 aliphatic heterocycles. The summed E-state index contributed by atoms with van der Waals surface area (Å²) in [6.07, 6.45) is -43.2. The highest BCUT2D eigenvalue weighted by molar-refractivity contribution is 5.73. The molecule has 0 aliphatic carbocycles. The standard InChI is InChI=1S/C28H31F15O12/c1-22(15-52-18(46)11-6-12-21(49)55-28(42,43)25(35,36)37,13-50-16(44)7-2-4-9-19(47)53-26(38,39)23(29,30)31)14-51-17(45)8-3-5-10-20(48)54-27(40,41)24(32,33)34/h2-15H2,1H3. The van der Waals surface area contributed by atoms with Crippen LogP contribution in [0.25, 0.3) is 0 Å². The molecular formula is C28H31F15O12. The molecule has 0 amide bonds. The number of alkyl halides is 15. The van der Waals surface area contributed by atoms with Gasteiger partial charge in [-0.05, 0) is 39.0 Å². The Kier molecular flexibility index (Phi) is 19.0. The summed E-state index contributed by atoms with van der Waals surface area (Å²) in [5.74, 6) is -9.36. The van der Waals surface area contributed by atoms with Crippen molar-refractivity contribution in [2.45, 2.75) is 114 Å². The fourth-order valence-electron chi connectivity index (χ4n) is 3.32. The molecule has 0 atom stereocenters. The minimum absolute atomic E-state index is 0.328. The number of carbonyl (C=O) groups is 6. The first-order chi connectivity index (χ1) is 24.7. The quantitative estimate of drug-likeness (QED) is 0.0449. The minimum atomic E-state index is -6.22. The molecule has 0 aromatic heterocycles. The molecule has 0 radical (unpaired) electrons. The van der Waals surface area contributed by atoms with Crippen LogP contribution >= 0.6 is 0 Å². The summed E-state index contributed by atoms with van der Waals surface area (Å²) >= 11 is 0. The zero-order chi connectivity index (χ0) is 43.1. The molecule has 0 aliphatic rings. The first-order valence-electron chi connectivity index (χ1n) is 15.2. The number of halogens is 15. The van der Waals surface area contributed by atoms with Gasteiger partial charge in [-0.3, -0.25) is 28.8 Å². The Morgan fingerprint density at radius 3 is 0.782 bits per heavy atom. The SMILES string of the molecule is CC(COC(=O)CCCCC(=O)OC(F)(F)C(F)(F)F)(COC(=O)CCCCC(=O)OC(F)(F)C(F)(F)F)COC(=O)CCCC(=O)OC(F)(F)C(F)(F)F. The first kappa shape index (κ1) is 50.8. The van der Waals surface area contributed by atoms with Gasteiger partial charge in [0.1, 0.15) is 19.8 Å². The van der Waals surface area contributed by atoms with Crippen molar-refractivity contribution in [3.05, 3.63) is 0 Å².